The molecule has 1 saturated carbocycles. The fraction of sp³-hybridized carbons (Fsp3) is 0.556. The third-order valence-corrected chi connectivity index (χ3v) is 3.80. The summed E-state index contributed by atoms with van der Waals surface area (Å²) in [4.78, 5) is 1.38. The Hall–Kier alpha value is -0.0500. The van der Waals surface area contributed by atoms with Crippen molar-refractivity contribution < 1.29 is 0 Å². The van der Waals surface area contributed by atoms with E-state index in [0.29, 0.717) is 5.41 Å². The van der Waals surface area contributed by atoms with Gasteiger partial charge in [0.25, 0.3) is 0 Å². The first-order chi connectivity index (χ1) is 5.74. The largest absolute Gasteiger partial charge is 0.330 e. The molecule has 0 aromatic carbocycles. The van der Waals surface area contributed by atoms with Gasteiger partial charge in [0.2, 0.25) is 0 Å². The Morgan fingerprint density at radius 2 is 2.25 bits per heavy atom. The van der Waals surface area contributed by atoms with E-state index in [1.54, 1.807) is 11.3 Å². The molecule has 0 amide bonds. The van der Waals surface area contributed by atoms with E-state index in [1.807, 2.05) is 6.07 Å². The van der Waals surface area contributed by atoms with Gasteiger partial charge in [0.1, 0.15) is 0 Å². The molecule has 0 radical (unpaired) electrons. The van der Waals surface area contributed by atoms with Crippen LogP contribution in [0.2, 0.25) is 4.34 Å². The summed E-state index contributed by atoms with van der Waals surface area (Å²) in [6.45, 7) is 0.822. The molecule has 0 saturated heterocycles. The lowest BCUT2D eigenvalue weighted by molar-refractivity contribution is 0.525. The molecule has 1 aliphatic rings. The predicted molar refractivity (Wildman–Crippen MR) is 53.8 cm³/mol. The number of thiophene rings is 1. The van der Waals surface area contributed by atoms with Crippen LogP contribution < -0.4 is 5.73 Å². The highest BCUT2D eigenvalue weighted by Crippen LogP contribution is 2.48. The van der Waals surface area contributed by atoms with Gasteiger partial charge in [-0.15, -0.1) is 11.3 Å². The summed E-state index contributed by atoms with van der Waals surface area (Å²) >= 11 is 7.52. The van der Waals surface area contributed by atoms with Gasteiger partial charge >= 0.3 is 0 Å². The minimum Gasteiger partial charge on any atom is -0.330 e. The van der Waals surface area contributed by atoms with Gasteiger partial charge in [0, 0.05) is 4.88 Å². The van der Waals surface area contributed by atoms with Crippen LogP contribution in [0.1, 0.15) is 17.7 Å². The Labute approximate surface area is 81.5 Å². The maximum atomic E-state index is 5.84. The highest BCUT2D eigenvalue weighted by molar-refractivity contribution is 7.16. The fourth-order valence-electron chi connectivity index (χ4n) is 1.45. The van der Waals surface area contributed by atoms with Crippen molar-refractivity contribution in [2.75, 3.05) is 6.54 Å². The zero-order valence-corrected chi connectivity index (χ0v) is 8.42. The minimum atomic E-state index is 0.439. The van der Waals surface area contributed by atoms with E-state index in [9.17, 15) is 0 Å². The van der Waals surface area contributed by atoms with Crippen LogP contribution in [0.3, 0.4) is 0 Å². The van der Waals surface area contributed by atoms with Crippen LogP contribution in [0.15, 0.2) is 12.1 Å². The van der Waals surface area contributed by atoms with Crippen LogP contribution >= 0.6 is 22.9 Å². The first-order valence-corrected chi connectivity index (χ1v) is 5.38. The number of hydrogen-bond donors (Lipinski definition) is 1. The van der Waals surface area contributed by atoms with Crippen LogP contribution in [-0.4, -0.2) is 6.54 Å². The standard InChI is InChI=1S/C9H12ClNS/c10-8-2-1-7(12-8)5-9(6-11)3-4-9/h1-2H,3-6,11H2. The van der Waals surface area contributed by atoms with E-state index in [2.05, 4.69) is 6.07 Å². The Bertz CT molecular complexity index is 278. The van der Waals surface area contributed by atoms with Crippen molar-refractivity contribution >= 4 is 22.9 Å². The molecule has 2 rings (SSSR count). The van der Waals surface area contributed by atoms with E-state index < -0.39 is 0 Å². The second-order valence-electron chi connectivity index (χ2n) is 3.59. The smallest absolute Gasteiger partial charge is 0.0931 e. The van der Waals surface area contributed by atoms with Crippen molar-refractivity contribution in [1.82, 2.24) is 0 Å². The van der Waals surface area contributed by atoms with Crippen LogP contribution in [0.25, 0.3) is 0 Å². The van der Waals surface area contributed by atoms with Crippen LogP contribution in [0, 0.1) is 5.41 Å². The molecule has 66 valence electrons. The van der Waals surface area contributed by atoms with Crippen LogP contribution in [-0.2, 0) is 6.42 Å². The van der Waals surface area contributed by atoms with E-state index >= 15 is 0 Å². The molecule has 3 heteroatoms. The average molecular weight is 202 g/mol. The molecule has 0 spiro atoms. The molecule has 12 heavy (non-hydrogen) atoms. The van der Waals surface area contributed by atoms with Crippen molar-refractivity contribution in [2.24, 2.45) is 11.1 Å². The highest BCUT2D eigenvalue weighted by Gasteiger charge is 2.41. The SMILES string of the molecule is NCC1(Cc2ccc(Cl)s2)CC1. The first kappa shape index (κ1) is 8.54. The molecule has 0 unspecified atom stereocenters. The number of halogens is 1. The van der Waals surface area contributed by atoms with Crippen molar-refractivity contribution in [2.45, 2.75) is 19.3 Å². The highest BCUT2D eigenvalue weighted by atomic mass is 35.5. The van der Waals surface area contributed by atoms with Gasteiger partial charge in [-0.2, -0.15) is 0 Å². The van der Waals surface area contributed by atoms with Crippen molar-refractivity contribution in [3.8, 4) is 0 Å². The zero-order chi connectivity index (χ0) is 8.60. The monoisotopic (exact) mass is 201 g/mol. The van der Waals surface area contributed by atoms with Crippen LogP contribution in [0.4, 0.5) is 0 Å². The average Bonchev–Trinajstić information content (AvgIpc) is 2.71. The Morgan fingerprint density at radius 1 is 1.50 bits per heavy atom. The normalized spacial score (nSPS) is 19.5. The van der Waals surface area contributed by atoms with E-state index in [0.717, 1.165) is 17.3 Å². The lowest BCUT2D eigenvalue weighted by Gasteiger charge is -2.09. The van der Waals surface area contributed by atoms with E-state index in [1.165, 1.54) is 17.7 Å². The summed E-state index contributed by atoms with van der Waals surface area (Å²) in [6.07, 6.45) is 3.71. The molecule has 1 nitrogen and oxygen atoms in total. The molecule has 1 aromatic heterocycles. The van der Waals surface area contributed by atoms with Gasteiger partial charge < -0.3 is 5.73 Å². The number of rotatable bonds is 3. The molecular formula is C9H12ClNS. The van der Waals surface area contributed by atoms with Gasteiger partial charge in [-0.3, -0.25) is 0 Å². The van der Waals surface area contributed by atoms with Crippen molar-refractivity contribution in [3.63, 3.8) is 0 Å². The van der Waals surface area contributed by atoms with Gasteiger partial charge in [-0.05, 0) is 43.4 Å². The van der Waals surface area contributed by atoms with Gasteiger partial charge in [-0.1, -0.05) is 11.6 Å². The van der Waals surface area contributed by atoms with Crippen molar-refractivity contribution in [1.29, 1.82) is 0 Å². The van der Waals surface area contributed by atoms with Gasteiger partial charge in [-0.25, -0.2) is 0 Å². The second-order valence-corrected chi connectivity index (χ2v) is 5.39. The van der Waals surface area contributed by atoms with Gasteiger partial charge in [0.05, 0.1) is 4.34 Å². The Balaban J connectivity index is 2.04. The third kappa shape index (κ3) is 1.65. The molecule has 2 N–H and O–H groups in total. The number of hydrogen-bond acceptors (Lipinski definition) is 2. The first-order valence-electron chi connectivity index (χ1n) is 4.18. The quantitative estimate of drug-likeness (QED) is 0.800. The second kappa shape index (κ2) is 3.02. The van der Waals surface area contributed by atoms with E-state index in [-0.39, 0.29) is 0 Å². The van der Waals surface area contributed by atoms with E-state index in [4.69, 9.17) is 17.3 Å². The zero-order valence-electron chi connectivity index (χ0n) is 6.85. The number of nitrogens with two attached hydrogens (primary N) is 1. The molecule has 1 aliphatic carbocycles. The fourth-order valence-corrected chi connectivity index (χ4v) is 2.71. The topological polar surface area (TPSA) is 26.0 Å². The molecule has 1 heterocycles. The van der Waals surface area contributed by atoms with Crippen molar-refractivity contribution in [3.05, 3.63) is 21.3 Å². The van der Waals surface area contributed by atoms with Crippen LogP contribution in [0.5, 0.6) is 0 Å². The minimum absolute atomic E-state index is 0.439. The summed E-state index contributed by atoms with van der Waals surface area (Å²) in [7, 11) is 0. The summed E-state index contributed by atoms with van der Waals surface area (Å²) in [5.74, 6) is 0. The summed E-state index contributed by atoms with van der Waals surface area (Å²) in [5.41, 5.74) is 6.13. The summed E-state index contributed by atoms with van der Waals surface area (Å²) < 4.78 is 0.887. The third-order valence-electron chi connectivity index (χ3n) is 2.57. The Kier molecular flexibility index (Phi) is 2.15. The summed E-state index contributed by atoms with van der Waals surface area (Å²) in [5, 5.41) is 0. The lowest BCUT2D eigenvalue weighted by Crippen LogP contribution is -2.17. The maximum absolute atomic E-state index is 5.84. The molecule has 1 fully saturated rings. The molecule has 0 atom stereocenters. The maximum Gasteiger partial charge on any atom is 0.0931 e. The van der Waals surface area contributed by atoms with Gasteiger partial charge in [0.15, 0.2) is 0 Å². The Morgan fingerprint density at radius 3 is 2.67 bits per heavy atom. The molecular weight excluding hydrogens is 190 g/mol. The lowest BCUT2D eigenvalue weighted by atomic mass is 10.0. The predicted octanol–water partition coefficient (Wildman–Crippen LogP) is 2.68. The molecule has 1 aromatic rings. The molecule has 0 bridgehead atoms. The summed E-state index contributed by atoms with van der Waals surface area (Å²) in [6, 6.07) is 4.08. The molecule has 0 aliphatic heterocycles.